The van der Waals surface area contributed by atoms with Crippen LogP contribution in [-0.4, -0.2) is 46.3 Å². The van der Waals surface area contributed by atoms with Crippen LogP contribution < -0.4 is 0 Å². The Kier molecular flexibility index (Phi) is 4.66. The number of carbonyl (C=O) groups is 1. The van der Waals surface area contributed by atoms with Gasteiger partial charge in [0, 0.05) is 19.9 Å². The van der Waals surface area contributed by atoms with Crippen LogP contribution in [0.2, 0.25) is 0 Å². The molecule has 128 valence electrons. The van der Waals surface area contributed by atoms with Crippen molar-refractivity contribution >= 4 is 5.91 Å². The van der Waals surface area contributed by atoms with Gasteiger partial charge in [-0.15, -0.1) is 10.2 Å². The van der Waals surface area contributed by atoms with Gasteiger partial charge in [0.1, 0.15) is 0 Å². The smallest absolute Gasteiger partial charge is 0.224 e. The van der Waals surface area contributed by atoms with E-state index in [0.29, 0.717) is 38.0 Å². The quantitative estimate of drug-likeness (QED) is 0.862. The van der Waals surface area contributed by atoms with Crippen molar-refractivity contribution in [3.63, 3.8) is 0 Å². The summed E-state index contributed by atoms with van der Waals surface area (Å²) in [6, 6.07) is 9.83. The lowest BCUT2D eigenvalue weighted by molar-refractivity contribution is -0.146. The van der Waals surface area contributed by atoms with E-state index >= 15 is 0 Å². The summed E-state index contributed by atoms with van der Waals surface area (Å²) in [5, 5.41) is 8.06. The number of morpholine rings is 1. The molecule has 1 fully saturated rings. The SMILES string of the molecule is Cc1nnc(C(CC(=O)N2CCOCC2(C)C)c2ccccc2)o1. The molecule has 1 aliphatic heterocycles. The molecule has 0 radical (unpaired) electrons. The van der Waals surface area contributed by atoms with Gasteiger partial charge in [-0.2, -0.15) is 0 Å². The van der Waals surface area contributed by atoms with Gasteiger partial charge >= 0.3 is 0 Å². The van der Waals surface area contributed by atoms with E-state index in [0.717, 1.165) is 5.56 Å². The lowest BCUT2D eigenvalue weighted by Crippen LogP contribution is -2.55. The van der Waals surface area contributed by atoms with E-state index in [2.05, 4.69) is 10.2 Å². The fourth-order valence-corrected chi connectivity index (χ4v) is 3.09. The van der Waals surface area contributed by atoms with Crippen LogP contribution >= 0.6 is 0 Å². The van der Waals surface area contributed by atoms with Crippen LogP contribution in [-0.2, 0) is 9.53 Å². The number of hydrogen-bond donors (Lipinski definition) is 0. The van der Waals surface area contributed by atoms with Crippen molar-refractivity contribution < 1.29 is 13.9 Å². The second kappa shape index (κ2) is 6.73. The van der Waals surface area contributed by atoms with Crippen LogP contribution in [0, 0.1) is 6.92 Å². The maximum atomic E-state index is 13.0. The van der Waals surface area contributed by atoms with E-state index in [9.17, 15) is 4.79 Å². The monoisotopic (exact) mass is 329 g/mol. The van der Waals surface area contributed by atoms with Gasteiger partial charge in [0.2, 0.25) is 17.7 Å². The van der Waals surface area contributed by atoms with Gasteiger partial charge in [0.05, 0.1) is 24.7 Å². The third-order valence-corrected chi connectivity index (χ3v) is 4.37. The van der Waals surface area contributed by atoms with E-state index < -0.39 is 0 Å². The molecule has 0 saturated carbocycles. The first-order valence-corrected chi connectivity index (χ1v) is 8.20. The van der Waals surface area contributed by atoms with Gasteiger partial charge in [0.15, 0.2) is 0 Å². The highest BCUT2D eigenvalue weighted by Crippen LogP contribution is 2.30. The Labute approximate surface area is 141 Å². The van der Waals surface area contributed by atoms with Crippen LogP contribution in [0.5, 0.6) is 0 Å². The predicted octanol–water partition coefficient (Wildman–Crippen LogP) is 2.54. The molecule has 1 unspecified atom stereocenters. The zero-order valence-corrected chi connectivity index (χ0v) is 14.4. The Morgan fingerprint density at radius 2 is 2.04 bits per heavy atom. The van der Waals surface area contributed by atoms with E-state index in [1.165, 1.54) is 0 Å². The fourth-order valence-electron chi connectivity index (χ4n) is 3.09. The van der Waals surface area contributed by atoms with Crippen molar-refractivity contribution in [1.29, 1.82) is 0 Å². The molecule has 0 spiro atoms. The van der Waals surface area contributed by atoms with Gasteiger partial charge < -0.3 is 14.1 Å². The number of benzene rings is 1. The molecule has 6 heteroatoms. The van der Waals surface area contributed by atoms with Gasteiger partial charge in [-0.25, -0.2) is 0 Å². The first-order chi connectivity index (χ1) is 11.5. The van der Waals surface area contributed by atoms with Crippen molar-refractivity contribution in [2.24, 2.45) is 0 Å². The Hall–Kier alpha value is -2.21. The van der Waals surface area contributed by atoms with Gasteiger partial charge in [-0.05, 0) is 19.4 Å². The van der Waals surface area contributed by atoms with E-state index in [4.69, 9.17) is 9.15 Å². The normalized spacial score (nSPS) is 18.4. The van der Waals surface area contributed by atoms with Crippen LogP contribution in [0.4, 0.5) is 0 Å². The number of nitrogens with zero attached hydrogens (tertiary/aromatic N) is 3. The molecular formula is C18H23N3O3. The molecule has 1 saturated heterocycles. The zero-order chi connectivity index (χ0) is 17.2. The van der Waals surface area contributed by atoms with Crippen LogP contribution in [0.25, 0.3) is 0 Å². The van der Waals surface area contributed by atoms with Crippen molar-refractivity contribution in [1.82, 2.24) is 15.1 Å². The predicted molar refractivity (Wildman–Crippen MR) is 88.5 cm³/mol. The molecule has 2 heterocycles. The molecule has 1 aromatic heterocycles. The molecule has 2 aromatic rings. The lowest BCUT2D eigenvalue weighted by atomic mass is 9.93. The summed E-state index contributed by atoms with van der Waals surface area (Å²) in [6.07, 6.45) is 0.301. The number of ether oxygens (including phenoxy) is 1. The molecule has 1 atom stereocenters. The van der Waals surface area contributed by atoms with E-state index in [1.54, 1.807) is 6.92 Å². The zero-order valence-electron chi connectivity index (χ0n) is 14.4. The van der Waals surface area contributed by atoms with Crippen molar-refractivity contribution in [3.8, 4) is 0 Å². The van der Waals surface area contributed by atoms with E-state index in [1.807, 2.05) is 49.1 Å². The third kappa shape index (κ3) is 3.48. The average molecular weight is 329 g/mol. The summed E-state index contributed by atoms with van der Waals surface area (Å²) in [5.74, 6) is 0.828. The standard InChI is InChI=1S/C18H23N3O3/c1-13-19-20-17(24-13)15(14-7-5-4-6-8-14)11-16(22)21-9-10-23-12-18(21,2)3/h4-8,15H,9-12H2,1-3H3. The van der Waals surface area contributed by atoms with E-state index in [-0.39, 0.29) is 17.4 Å². The number of amides is 1. The van der Waals surface area contributed by atoms with Crippen LogP contribution in [0.3, 0.4) is 0 Å². The molecule has 0 N–H and O–H groups in total. The minimum Gasteiger partial charge on any atom is -0.425 e. The first kappa shape index (κ1) is 16.6. The highest BCUT2D eigenvalue weighted by atomic mass is 16.5. The van der Waals surface area contributed by atoms with Crippen molar-refractivity contribution in [3.05, 3.63) is 47.7 Å². The second-order valence-corrected chi connectivity index (χ2v) is 6.74. The molecular weight excluding hydrogens is 306 g/mol. The summed E-state index contributed by atoms with van der Waals surface area (Å²) in [7, 11) is 0. The third-order valence-electron chi connectivity index (χ3n) is 4.37. The summed E-state index contributed by atoms with van der Waals surface area (Å²) in [5.41, 5.74) is 0.696. The number of rotatable bonds is 4. The Balaban J connectivity index is 1.85. The fraction of sp³-hybridized carbons (Fsp3) is 0.500. The molecule has 0 aliphatic carbocycles. The molecule has 3 rings (SSSR count). The van der Waals surface area contributed by atoms with Gasteiger partial charge in [-0.3, -0.25) is 4.79 Å². The topological polar surface area (TPSA) is 68.5 Å². The minimum absolute atomic E-state index is 0.0769. The maximum absolute atomic E-state index is 13.0. The Morgan fingerprint density at radius 1 is 1.29 bits per heavy atom. The van der Waals surface area contributed by atoms with Gasteiger partial charge in [-0.1, -0.05) is 30.3 Å². The molecule has 24 heavy (non-hydrogen) atoms. The number of aryl methyl sites for hydroxylation is 1. The highest BCUT2D eigenvalue weighted by molar-refractivity contribution is 5.78. The average Bonchev–Trinajstić information content (AvgIpc) is 2.99. The summed E-state index contributed by atoms with van der Waals surface area (Å²) in [4.78, 5) is 14.9. The molecule has 1 amide bonds. The Morgan fingerprint density at radius 3 is 2.67 bits per heavy atom. The highest BCUT2D eigenvalue weighted by Gasteiger charge is 2.36. The molecule has 1 aliphatic rings. The largest absolute Gasteiger partial charge is 0.425 e. The van der Waals surface area contributed by atoms with Crippen LogP contribution in [0.15, 0.2) is 34.7 Å². The Bertz CT molecular complexity index is 697. The molecule has 1 aromatic carbocycles. The van der Waals surface area contributed by atoms with Gasteiger partial charge in [0.25, 0.3) is 0 Å². The molecule has 0 bridgehead atoms. The summed E-state index contributed by atoms with van der Waals surface area (Å²) >= 11 is 0. The summed E-state index contributed by atoms with van der Waals surface area (Å²) < 4.78 is 11.1. The lowest BCUT2D eigenvalue weighted by Gasteiger charge is -2.42. The number of aromatic nitrogens is 2. The van der Waals surface area contributed by atoms with Crippen molar-refractivity contribution in [2.45, 2.75) is 38.6 Å². The minimum atomic E-state index is -0.304. The second-order valence-electron chi connectivity index (χ2n) is 6.74. The maximum Gasteiger partial charge on any atom is 0.224 e. The summed E-state index contributed by atoms with van der Waals surface area (Å²) in [6.45, 7) is 7.54. The molecule has 6 nitrogen and oxygen atoms in total. The van der Waals surface area contributed by atoms with Crippen LogP contribution in [0.1, 0.15) is 43.5 Å². The first-order valence-electron chi connectivity index (χ1n) is 8.20. The number of hydrogen-bond acceptors (Lipinski definition) is 5. The number of carbonyl (C=O) groups excluding carboxylic acids is 1. The van der Waals surface area contributed by atoms with Crippen molar-refractivity contribution in [2.75, 3.05) is 19.8 Å².